The summed E-state index contributed by atoms with van der Waals surface area (Å²) in [5.74, 6) is 2.10. The summed E-state index contributed by atoms with van der Waals surface area (Å²) in [4.78, 5) is 32.4. The first-order chi connectivity index (χ1) is 11.5. The van der Waals surface area contributed by atoms with Crippen LogP contribution in [-0.4, -0.2) is 41.1 Å². The van der Waals surface area contributed by atoms with Crippen molar-refractivity contribution >= 4 is 33.3 Å². The lowest BCUT2D eigenvalue weighted by Crippen LogP contribution is -2.23. The summed E-state index contributed by atoms with van der Waals surface area (Å²) in [6.07, 6.45) is 0.833. The first-order valence-electron chi connectivity index (χ1n) is 7.70. The van der Waals surface area contributed by atoms with Crippen molar-refractivity contribution in [1.82, 2.24) is 19.9 Å². The second kappa shape index (κ2) is 6.56. The molecule has 0 aliphatic heterocycles. The van der Waals surface area contributed by atoms with Gasteiger partial charge in [-0.3, -0.25) is 4.79 Å². The number of nitrogens with one attached hydrogen (secondary N) is 1. The van der Waals surface area contributed by atoms with Crippen molar-refractivity contribution in [3.05, 3.63) is 39.4 Å². The van der Waals surface area contributed by atoms with Crippen LogP contribution in [0.15, 0.2) is 22.3 Å². The molecule has 0 fully saturated rings. The van der Waals surface area contributed by atoms with Crippen LogP contribution < -0.4 is 15.4 Å². The molecule has 0 aliphatic rings. The molecule has 0 radical (unpaired) electrons. The van der Waals surface area contributed by atoms with Gasteiger partial charge in [0.1, 0.15) is 16.3 Å². The summed E-state index contributed by atoms with van der Waals surface area (Å²) in [6.45, 7) is 2.53. The lowest BCUT2D eigenvalue weighted by atomic mass is 10.3. The number of aromatic amines is 1. The summed E-state index contributed by atoms with van der Waals surface area (Å²) in [7, 11) is 5.77. The Morgan fingerprint density at radius 2 is 2.00 bits per heavy atom. The van der Waals surface area contributed by atoms with Gasteiger partial charge in [-0.25, -0.2) is 9.97 Å². The molecule has 1 N–H and O–H groups in total. The average Bonchev–Trinajstić information content (AvgIpc) is 3.03. The van der Waals surface area contributed by atoms with E-state index in [1.807, 2.05) is 48.5 Å². The number of H-pyrrole nitrogens is 1. The van der Waals surface area contributed by atoms with Gasteiger partial charge in [0.25, 0.3) is 5.56 Å². The molecule has 126 valence electrons. The fourth-order valence-corrected chi connectivity index (χ4v) is 3.07. The van der Waals surface area contributed by atoms with Gasteiger partial charge in [-0.15, -0.1) is 11.3 Å². The maximum Gasteiger partial charge on any atom is 0.268 e. The minimum Gasteiger partial charge on any atom is -0.352 e. The lowest BCUT2D eigenvalue weighted by molar-refractivity contribution is 0.815. The first kappa shape index (κ1) is 16.4. The Labute approximate surface area is 144 Å². The third-order valence-corrected chi connectivity index (χ3v) is 4.56. The molecule has 0 unspecified atom stereocenters. The van der Waals surface area contributed by atoms with E-state index in [1.165, 1.54) is 11.3 Å². The van der Waals surface area contributed by atoms with E-state index >= 15 is 0 Å². The third kappa shape index (κ3) is 3.23. The average molecular weight is 344 g/mol. The van der Waals surface area contributed by atoms with Crippen LogP contribution in [0.1, 0.15) is 18.4 Å². The second-order valence-corrected chi connectivity index (χ2v) is 6.69. The zero-order chi connectivity index (χ0) is 17.3. The van der Waals surface area contributed by atoms with Crippen molar-refractivity contribution in [1.29, 1.82) is 0 Å². The van der Waals surface area contributed by atoms with E-state index in [2.05, 4.69) is 26.9 Å². The third-order valence-electron chi connectivity index (χ3n) is 3.66. The molecule has 7 nitrogen and oxygen atoms in total. The lowest BCUT2D eigenvalue weighted by Gasteiger charge is -2.20. The van der Waals surface area contributed by atoms with Crippen LogP contribution in [0.2, 0.25) is 0 Å². The predicted molar refractivity (Wildman–Crippen MR) is 98.1 cm³/mol. The van der Waals surface area contributed by atoms with Gasteiger partial charge >= 0.3 is 0 Å². The highest BCUT2D eigenvalue weighted by Crippen LogP contribution is 2.18. The quantitative estimate of drug-likeness (QED) is 0.763. The SMILES string of the molecule is CCc1cc(N(C)Cc2nc3ccsc3c(=O)[nH]2)nc(N(C)C)n1. The van der Waals surface area contributed by atoms with Crippen molar-refractivity contribution in [3.8, 4) is 0 Å². The zero-order valence-electron chi connectivity index (χ0n) is 14.2. The minimum absolute atomic E-state index is 0.0932. The number of thiophene rings is 1. The number of rotatable bonds is 5. The summed E-state index contributed by atoms with van der Waals surface area (Å²) in [5.41, 5.74) is 1.62. The summed E-state index contributed by atoms with van der Waals surface area (Å²) in [6, 6.07) is 3.83. The van der Waals surface area contributed by atoms with E-state index in [9.17, 15) is 4.79 Å². The van der Waals surface area contributed by atoms with Crippen LogP contribution in [0.4, 0.5) is 11.8 Å². The highest BCUT2D eigenvalue weighted by molar-refractivity contribution is 7.17. The van der Waals surface area contributed by atoms with E-state index in [0.717, 1.165) is 23.4 Å². The van der Waals surface area contributed by atoms with Crippen molar-refractivity contribution in [3.63, 3.8) is 0 Å². The van der Waals surface area contributed by atoms with Crippen LogP contribution >= 0.6 is 11.3 Å². The topological polar surface area (TPSA) is 78.0 Å². The monoisotopic (exact) mass is 344 g/mol. The molecule has 3 aromatic heterocycles. The molecule has 8 heteroatoms. The second-order valence-electron chi connectivity index (χ2n) is 5.77. The normalized spacial score (nSPS) is 11.0. The van der Waals surface area contributed by atoms with Crippen molar-refractivity contribution in [2.24, 2.45) is 0 Å². The van der Waals surface area contributed by atoms with Gasteiger partial charge in [0.15, 0.2) is 0 Å². The van der Waals surface area contributed by atoms with Crippen LogP contribution in [0.25, 0.3) is 10.2 Å². The van der Waals surface area contributed by atoms with Crippen LogP contribution in [0.5, 0.6) is 0 Å². The highest BCUT2D eigenvalue weighted by atomic mass is 32.1. The van der Waals surface area contributed by atoms with Gasteiger partial charge in [-0.2, -0.15) is 4.98 Å². The van der Waals surface area contributed by atoms with Crippen molar-refractivity contribution in [2.75, 3.05) is 30.9 Å². The van der Waals surface area contributed by atoms with Gasteiger partial charge < -0.3 is 14.8 Å². The largest absolute Gasteiger partial charge is 0.352 e. The maximum atomic E-state index is 12.1. The molecule has 0 saturated heterocycles. The molecule has 0 aromatic carbocycles. The summed E-state index contributed by atoms with van der Waals surface area (Å²) >= 11 is 1.40. The maximum absolute atomic E-state index is 12.1. The molecule has 0 aliphatic carbocycles. The van der Waals surface area contributed by atoms with Crippen molar-refractivity contribution < 1.29 is 0 Å². The standard InChI is InChI=1S/C16H20N6OS/c1-5-10-8-13(20-16(17-10)21(2)3)22(4)9-12-18-11-6-7-24-14(11)15(23)19-12/h6-8H,5,9H2,1-4H3,(H,18,19,23). The fourth-order valence-electron chi connectivity index (χ4n) is 2.35. The van der Waals surface area contributed by atoms with Crippen LogP contribution in [0.3, 0.4) is 0 Å². The van der Waals surface area contributed by atoms with Gasteiger partial charge in [0.2, 0.25) is 5.95 Å². The van der Waals surface area contributed by atoms with E-state index in [1.54, 1.807) is 0 Å². The van der Waals surface area contributed by atoms with Crippen LogP contribution in [-0.2, 0) is 13.0 Å². The number of hydrogen-bond donors (Lipinski definition) is 1. The molecule has 3 aromatic rings. The Morgan fingerprint density at radius 1 is 1.21 bits per heavy atom. The van der Waals surface area contributed by atoms with Gasteiger partial charge in [0.05, 0.1) is 12.1 Å². The molecule has 0 amide bonds. The van der Waals surface area contributed by atoms with Gasteiger partial charge in [-0.05, 0) is 17.9 Å². The number of fused-ring (bicyclic) bond motifs is 1. The molecule has 0 saturated carbocycles. The van der Waals surface area contributed by atoms with E-state index in [0.29, 0.717) is 23.0 Å². The molecular formula is C16H20N6OS. The van der Waals surface area contributed by atoms with Crippen molar-refractivity contribution in [2.45, 2.75) is 19.9 Å². The minimum atomic E-state index is -0.0932. The Balaban J connectivity index is 1.92. The van der Waals surface area contributed by atoms with Crippen LogP contribution in [0, 0.1) is 0 Å². The molecule has 24 heavy (non-hydrogen) atoms. The smallest absolute Gasteiger partial charge is 0.268 e. The Bertz CT molecular complexity index is 916. The predicted octanol–water partition coefficient (Wildman–Crippen LogP) is 2.04. The number of nitrogens with zero attached hydrogens (tertiary/aromatic N) is 5. The molecule has 3 rings (SSSR count). The number of anilines is 2. The van der Waals surface area contributed by atoms with Gasteiger partial charge in [-0.1, -0.05) is 6.92 Å². The molecule has 3 heterocycles. The van der Waals surface area contributed by atoms with E-state index in [-0.39, 0.29) is 5.56 Å². The Kier molecular flexibility index (Phi) is 4.48. The molecule has 0 atom stereocenters. The van der Waals surface area contributed by atoms with Gasteiger partial charge in [0, 0.05) is 32.9 Å². The fraction of sp³-hybridized carbons (Fsp3) is 0.375. The highest BCUT2D eigenvalue weighted by Gasteiger charge is 2.12. The number of aryl methyl sites for hydroxylation is 1. The Hall–Kier alpha value is -2.48. The molecule has 0 spiro atoms. The first-order valence-corrected chi connectivity index (χ1v) is 8.58. The molecular weight excluding hydrogens is 324 g/mol. The van der Waals surface area contributed by atoms with E-state index < -0.39 is 0 Å². The van der Waals surface area contributed by atoms with E-state index in [4.69, 9.17) is 0 Å². The number of hydrogen-bond acceptors (Lipinski definition) is 7. The molecule has 0 bridgehead atoms. The zero-order valence-corrected chi connectivity index (χ0v) is 15.0. The summed E-state index contributed by atoms with van der Waals surface area (Å²) in [5, 5.41) is 1.88. The number of aromatic nitrogens is 4. The Morgan fingerprint density at radius 3 is 2.71 bits per heavy atom. The summed E-state index contributed by atoms with van der Waals surface area (Å²) < 4.78 is 0.659.